The largest absolute Gasteiger partial charge is 0.497 e. The molecule has 2 fully saturated rings. The van der Waals surface area contributed by atoms with Gasteiger partial charge in [0.15, 0.2) is 9.84 Å². The maximum Gasteiger partial charge on any atom is 0.175 e. The SMILES string of the molecule is CCn1c(-c2ccc(OCCN(C)C)cc2)c(C#N)c2ccc(OC)cc21.CCn1c(-c2ccc(OCCN3CCN(C)CC3)cc2)c(C#N)c2ccc(OC)cc21.CCn1c(-c2ccc(OCCN3CC[C@H](O)C3)cc2)c(C#N)c2ccc(OC)cc21.CCn1c(-c2ccc(OCCN=[N+]=[N-])cc2)c(C#N)c2ccc(OC)cc21.CCn1c(-c2ccc(S(C)(=O)=O)cc2)c(C#N)c2ccc(OC)cc21. The lowest BCUT2D eigenvalue weighted by Crippen LogP contribution is -2.45. The van der Waals surface area contributed by atoms with Crippen molar-refractivity contribution in [1.29, 1.82) is 26.3 Å². The van der Waals surface area contributed by atoms with Crippen LogP contribution in [-0.2, 0) is 42.6 Å². The topological polar surface area (TPSA) is 343 Å². The number of nitriles is 5. The molecule has 722 valence electrons. The van der Waals surface area contributed by atoms with Crippen molar-refractivity contribution in [1.82, 2.24) is 42.4 Å². The molecule has 1 atom stereocenters. The molecule has 0 amide bonds. The van der Waals surface area contributed by atoms with Crippen LogP contribution in [0.4, 0.5) is 0 Å². The molecular formula is C110H119N17O12S. The minimum absolute atomic E-state index is 0.205. The number of fused-ring (bicyclic) bond motifs is 5. The van der Waals surface area contributed by atoms with Crippen molar-refractivity contribution in [2.75, 3.05) is 155 Å². The molecule has 10 aromatic carbocycles. The van der Waals surface area contributed by atoms with E-state index < -0.39 is 9.84 Å². The molecule has 0 bridgehead atoms. The van der Waals surface area contributed by atoms with Gasteiger partial charge in [-0.2, -0.15) is 26.3 Å². The lowest BCUT2D eigenvalue weighted by Gasteiger charge is -2.32. The van der Waals surface area contributed by atoms with Gasteiger partial charge in [0.25, 0.3) is 0 Å². The van der Waals surface area contributed by atoms with E-state index in [0.717, 1.165) is 248 Å². The standard InChI is InChI=1S/C25H30N4O2.C24H27N3O3.C22H25N3O2.C20H19N5O2.C19H18N2O3S/c1-4-29-24-17-21(30-3)9-10-22(24)23(18-26)25(29)19-5-7-20(8-6-19)31-16-15-28-13-11-27(2)12-14-28;1-3-27-23-14-20(29-2)8-9-21(23)22(15-25)24(27)17-4-6-19(7-5-17)30-13-12-26-11-10-18(28)16-26;1-5-25-21-14-18(26-4)10-11-19(21)20(15-23)22(25)16-6-8-17(9-7-16)27-13-12-24(2)3;1-3-25-19-12-16(26-2)8-9-17(19)18(13-21)20(25)14-4-6-15(7-5-14)27-11-10-23-24-22;1-4-21-18-11-14(24-2)7-10-16(18)17(12-20)19(21)13-5-8-15(9-6-13)25(3,22)23/h5-10,17H,4,11-16H2,1-3H3;4-9,14,18,28H,3,10-13,16H2,1-2H3;6-11,14H,5,12-13H2,1-4H3;4-9,12H,3,10-11H2,1-2H3;5-11H,4H2,1-3H3/t;18-;;;/m.0.../s1. The second-order valence-electron chi connectivity index (χ2n) is 33.7. The van der Waals surface area contributed by atoms with Crippen molar-refractivity contribution in [3.63, 3.8) is 0 Å². The minimum Gasteiger partial charge on any atom is -0.497 e. The Balaban J connectivity index is 0.000000148. The number of aliphatic hydroxyl groups is 1. The highest BCUT2D eigenvalue weighted by Crippen LogP contribution is 2.43. The van der Waals surface area contributed by atoms with Crippen LogP contribution in [0, 0.1) is 56.7 Å². The monoisotopic (exact) mass is 1900 g/mol. The van der Waals surface area contributed by atoms with Crippen molar-refractivity contribution in [3.05, 3.63) is 251 Å². The summed E-state index contributed by atoms with van der Waals surface area (Å²) in [6.07, 6.45) is 1.81. The average Bonchev–Trinajstić information content (AvgIpc) is 1.63. The second-order valence-corrected chi connectivity index (χ2v) is 35.8. The highest BCUT2D eigenvalue weighted by molar-refractivity contribution is 7.90. The van der Waals surface area contributed by atoms with Gasteiger partial charge in [-0.05, 0) is 265 Å². The molecule has 0 saturated carbocycles. The number of aromatic nitrogens is 5. The number of methoxy groups -OCH3 is 5. The summed E-state index contributed by atoms with van der Waals surface area (Å²) >= 11 is 0. The fourth-order valence-corrected chi connectivity index (χ4v) is 18.6. The summed E-state index contributed by atoms with van der Waals surface area (Å²) in [7, 11) is 11.2. The number of β-amino-alcohol motifs (C(OH)–C–C–N with tert-alkyl or cyclic N) is 1. The van der Waals surface area contributed by atoms with Gasteiger partial charge in [-0.15, -0.1) is 0 Å². The summed E-state index contributed by atoms with van der Waals surface area (Å²) < 4.78 is 84.0. The number of hydrogen-bond donors (Lipinski definition) is 1. The summed E-state index contributed by atoms with van der Waals surface area (Å²) in [4.78, 5) is 12.1. The number of sulfone groups is 1. The molecule has 5 aromatic heterocycles. The van der Waals surface area contributed by atoms with Crippen LogP contribution >= 0.6 is 0 Å². The third-order valence-corrected chi connectivity index (χ3v) is 26.2. The van der Waals surface area contributed by atoms with Gasteiger partial charge in [-0.3, -0.25) is 9.80 Å². The Morgan fingerprint density at radius 3 is 0.893 bits per heavy atom. The average molecular weight is 1900 g/mol. The quantitative estimate of drug-likeness (QED) is 0.0177. The number of benzene rings is 10. The second kappa shape index (κ2) is 48.1. The summed E-state index contributed by atoms with van der Waals surface area (Å²) in [6.45, 7) is 25.2. The van der Waals surface area contributed by atoms with Gasteiger partial charge < -0.3 is 80.4 Å². The molecule has 2 saturated heterocycles. The lowest BCUT2D eigenvalue weighted by molar-refractivity contribution is 0.134. The van der Waals surface area contributed by atoms with Gasteiger partial charge in [0.05, 0.1) is 144 Å². The Kier molecular flexibility index (Phi) is 35.0. The number of azide groups is 1. The normalized spacial score (nSPS) is 13.1. The number of rotatable bonds is 32. The number of likely N-dealkylation sites (tertiary alicyclic amines) is 1. The van der Waals surface area contributed by atoms with Crippen LogP contribution in [0.15, 0.2) is 222 Å². The third-order valence-electron chi connectivity index (χ3n) is 25.1. The molecule has 0 aliphatic carbocycles. The fourth-order valence-electron chi connectivity index (χ4n) is 18.0. The van der Waals surface area contributed by atoms with Crippen LogP contribution in [-0.4, -0.2) is 217 Å². The molecule has 2 aliphatic rings. The number of ether oxygens (including phenoxy) is 9. The van der Waals surface area contributed by atoms with E-state index in [-0.39, 0.29) is 17.5 Å². The number of hydrogen-bond acceptors (Lipinski definition) is 22. The smallest absolute Gasteiger partial charge is 0.175 e. The predicted molar refractivity (Wildman–Crippen MR) is 550 cm³/mol. The number of piperazine rings is 1. The molecule has 0 spiro atoms. The van der Waals surface area contributed by atoms with E-state index in [1.807, 2.05) is 214 Å². The van der Waals surface area contributed by atoms with Crippen LogP contribution in [0.3, 0.4) is 0 Å². The zero-order valence-electron chi connectivity index (χ0n) is 81.9. The molecular weight excluding hydrogens is 1780 g/mol. The Morgan fingerprint density at radius 1 is 0.386 bits per heavy atom. The first-order valence-corrected chi connectivity index (χ1v) is 48.6. The van der Waals surface area contributed by atoms with E-state index in [0.29, 0.717) is 66.5 Å². The first-order valence-electron chi connectivity index (χ1n) is 46.7. The van der Waals surface area contributed by atoms with E-state index in [2.05, 4.69) is 113 Å². The van der Waals surface area contributed by atoms with Gasteiger partial charge in [0.2, 0.25) is 0 Å². The van der Waals surface area contributed by atoms with E-state index in [4.69, 9.17) is 48.2 Å². The Hall–Kier alpha value is -15.4. The van der Waals surface area contributed by atoms with Gasteiger partial charge >= 0.3 is 0 Å². The van der Waals surface area contributed by atoms with E-state index >= 15 is 0 Å². The fraction of sp³-hybridized carbons (Fsp3) is 0.318. The predicted octanol–water partition coefficient (Wildman–Crippen LogP) is 20.1. The number of aryl methyl sites for hydroxylation is 5. The van der Waals surface area contributed by atoms with Crippen LogP contribution in [0.1, 0.15) is 68.9 Å². The maximum absolute atomic E-state index is 11.7. The molecule has 17 rings (SSSR count). The van der Waals surface area contributed by atoms with Crippen molar-refractivity contribution in [3.8, 4) is 138 Å². The minimum atomic E-state index is -3.26. The summed E-state index contributed by atoms with van der Waals surface area (Å²) in [5, 5.41) is 66.7. The first kappa shape index (κ1) is 102. The van der Waals surface area contributed by atoms with Crippen molar-refractivity contribution >= 4 is 64.4 Å². The molecule has 0 unspecified atom stereocenters. The zero-order valence-corrected chi connectivity index (χ0v) is 82.7. The molecule has 29 nitrogen and oxygen atoms in total. The van der Waals surface area contributed by atoms with Crippen molar-refractivity contribution < 1.29 is 56.2 Å². The van der Waals surface area contributed by atoms with Crippen molar-refractivity contribution in [2.45, 2.75) is 84.8 Å². The zero-order chi connectivity index (χ0) is 99.7. The highest BCUT2D eigenvalue weighted by atomic mass is 32.2. The van der Waals surface area contributed by atoms with E-state index in [1.165, 1.54) is 6.26 Å². The first-order chi connectivity index (χ1) is 68.0. The summed E-state index contributed by atoms with van der Waals surface area (Å²) in [5.74, 6) is 7.02. The lowest BCUT2D eigenvalue weighted by atomic mass is 10.1. The Labute approximate surface area is 818 Å². The van der Waals surface area contributed by atoms with E-state index in [9.17, 15) is 39.8 Å². The van der Waals surface area contributed by atoms with Gasteiger partial charge in [0.1, 0.15) is 102 Å². The van der Waals surface area contributed by atoms with Crippen LogP contribution in [0.25, 0.3) is 121 Å². The van der Waals surface area contributed by atoms with E-state index in [1.54, 1.807) is 59.8 Å². The number of nitrogens with zero attached hydrogens (tertiary/aromatic N) is 17. The third kappa shape index (κ3) is 23.4. The number of aliphatic hydroxyl groups excluding tert-OH is 1. The Bertz CT molecular complexity index is 7240. The highest BCUT2D eigenvalue weighted by Gasteiger charge is 2.27. The molecule has 140 heavy (non-hydrogen) atoms. The Morgan fingerprint density at radius 2 is 0.650 bits per heavy atom. The van der Waals surface area contributed by atoms with Gasteiger partial charge in [-0.25, -0.2) is 8.42 Å². The molecule has 15 aromatic rings. The molecule has 0 radical (unpaired) electrons. The van der Waals surface area contributed by atoms with Crippen LogP contribution in [0.2, 0.25) is 0 Å². The molecule has 2 aliphatic heterocycles. The van der Waals surface area contributed by atoms with Crippen LogP contribution < -0.4 is 42.6 Å². The van der Waals surface area contributed by atoms with Gasteiger partial charge in [0, 0.05) is 160 Å². The van der Waals surface area contributed by atoms with Crippen LogP contribution in [0.5, 0.6) is 51.7 Å². The molecule has 1 N–H and O–H groups in total. The van der Waals surface area contributed by atoms with Gasteiger partial charge in [-0.1, -0.05) is 17.2 Å². The number of likely N-dealkylation sites (N-methyl/N-ethyl adjacent to an activating group) is 2. The summed E-state index contributed by atoms with van der Waals surface area (Å²) in [5.41, 5.74) is 25.7. The maximum atomic E-state index is 11.7. The van der Waals surface area contributed by atoms with Crippen molar-refractivity contribution in [2.24, 2.45) is 5.11 Å². The molecule has 30 heteroatoms. The molecule has 7 heterocycles. The summed E-state index contributed by atoms with van der Waals surface area (Å²) in [6, 6.07) is 78.9.